The zero-order valence-corrected chi connectivity index (χ0v) is 10.6. The number of cyclic esters (lactones) is 1. The molecular formula is C13H14O4S. The van der Waals surface area contributed by atoms with E-state index in [2.05, 4.69) is 6.58 Å². The van der Waals surface area contributed by atoms with Crippen LogP contribution in [0.15, 0.2) is 47.9 Å². The summed E-state index contributed by atoms with van der Waals surface area (Å²) >= 11 is 0. The molecule has 1 aliphatic heterocycles. The molecule has 5 heteroatoms. The maximum Gasteiger partial charge on any atom is 0.307 e. The number of esters is 1. The molecule has 0 N–H and O–H groups in total. The number of hydrogen-bond acceptors (Lipinski definition) is 4. The van der Waals surface area contributed by atoms with Crippen LogP contribution in [0.25, 0.3) is 0 Å². The van der Waals surface area contributed by atoms with E-state index in [1.165, 1.54) is 12.1 Å². The number of carbonyl (C=O) groups is 1. The van der Waals surface area contributed by atoms with Gasteiger partial charge in [0.15, 0.2) is 9.84 Å². The average molecular weight is 266 g/mol. The van der Waals surface area contributed by atoms with Gasteiger partial charge in [-0.15, -0.1) is 6.58 Å². The summed E-state index contributed by atoms with van der Waals surface area (Å²) in [5.41, 5.74) is 0. The molecule has 18 heavy (non-hydrogen) atoms. The first-order valence-electron chi connectivity index (χ1n) is 5.65. The molecular weight excluding hydrogens is 252 g/mol. The highest BCUT2D eigenvalue weighted by molar-refractivity contribution is 7.92. The van der Waals surface area contributed by atoms with Crippen molar-refractivity contribution in [2.45, 2.75) is 29.1 Å². The molecule has 1 aromatic rings. The van der Waals surface area contributed by atoms with Gasteiger partial charge in [0, 0.05) is 6.42 Å². The van der Waals surface area contributed by atoms with Gasteiger partial charge in [0.25, 0.3) is 0 Å². The lowest BCUT2D eigenvalue weighted by Gasteiger charge is -2.16. The summed E-state index contributed by atoms with van der Waals surface area (Å²) in [4.78, 5) is 11.5. The van der Waals surface area contributed by atoms with Crippen LogP contribution in [-0.2, 0) is 19.4 Å². The number of benzene rings is 1. The van der Waals surface area contributed by atoms with Gasteiger partial charge in [-0.25, -0.2) is 8.42 Å². The second kappa shape index (κ2) is 4.94. The van der Waals surface area contributed by atoms with Gasteiger partial charge in [-0.1, -0.05) is 24.3 Å². The van der Waals surface area contributed by atoms with Crippen molar-refractivity contribution in [3.05, 3.63) is 43.0 Å². The Bertz CT molecular complexity index is 548. The summed E-state index contributed by atoms with van der Waals surface area (Å²) < 4.78 is 29.8. The summed E-state index contributed by atoms with van der Waals surface area (Å²) in [5, 5.41) is -0.814. The number of carbonyl (C=O) groups excluding carboxylic acids is 1. The number of rotatable bonds is 4. The lowest BCUT2D eigenvalue weighted by atomic mass is 10.2. The fourth-order valence-corrected chi connectivity index (χ4v) is 3.86. The van der Waals surface area contributed by atoms with Gasteiger partial charge in [-0.3, -0.25) is 4.79 Å². The Morgan fingerprint density at radius 2 is 2.00 bits per heavy atom. The topological polar surface area (TPSA) is 60.4 Å². The Hall–Kier alpha value is -1.62. The fraction of sp³-hybridized carbons (Fsp3) is 0.308. The van der Waals surface area contributed by atoms with Crippen molar-refractivity contribution in [2.75, 3.05) is 0 Å². The first-order chi connectivity index (χ1) is 8.55. The van der Waals surface area contributed by atoms with Crippen LogP contribution in [-0.4, -0.2) is 25.7 Å². The third kappa shape index (κ3) is 2.31. The van der Waals surface area contributed by atoms with Gasteiger partial charge in [-0.05, 0) is 12.1 Å². The molecule has 2 rings (SSSR count). The summed E-state index contributed by atoms with van der Waals surface area (Å²) in [5.74, 6) is -0.466. The van der Waals surface area contributed by atoms with Gasteiger partial charge >= 0.3 is 5.97 Å². The van der Waals surface area contributed by atoms with Crippen LogP contribution in [0.4, 0.5) is 0 Å². The molecule has 0 radical (unpaired) electrons. The lowest BCUT2D eigenvalue weighted by molar-refractivity contribution is -0.141. The molecule has 0 bridgehead atoms. The molecule has 2 atom stereocenters. The van der Waals surface area contributed by atoms with Gasteiger partial charge in [0.1, 0.15) is 11.4 Å². The summed E-state index contributed by atoms with van der Waals surface area (Å²) in [6.45, 7) is 3.55. The monoisotopic (exact) mass is 266 g/mol. The van der Waals surface area contributed by atoms with Crippen LogP contribution in [0, 0.1) is 0 Å². The molecule has 1 fully saturated rings. The SMILES string of the molecule is C=CC[C@@H]1OC(=O)C[C@H]1S(=O)(=O)c1ccccc1. The van der Waals surface area contributed by atoms with Crippen molar-refractivity contribution < 1.29 is 17.9 Å². The highest BCUT2D eigenvalue weighted by Gasteiger charge is 2.43. The molecule has 1 saturated heterocycles. The fourth-order valence-electron chi connectivity index (χ4n) is 2.05. The van der Waals surface area contributed by atoms with Gasteiger partial charge in [0.2, 0.25) is 0 Å². The van der Waals surface area contributed by atoms with Crippen LogP contribution in [0.3, 0.4) is 0 Å². The van der Waals surface area contributed by atoms with Crippen molar-refractivity contribution in [2.24, 2.45) is 0 Å². The highest BCUT2D eigenvalue weighted by atomic mass is 32.2. The molecule has 1 aliphatic rings. The average Bonchev–Trinajstić information content (AvgIpc) is 2.73. The van der Waals surface area contributed by atoms with Crippen molar-refractivity contribution in [3.63, 3.8) is 0 Å². The van der Waals surface area contributed by atoms with E-state index in [4.69, 9.17) is 4.74 Å². The van der Waals surface area contributed by atoms with E-state index in [1.807, 2.05) is 0 Å². The van der Waals surface area contributed by atoms with Gasteiger partial charge < -0.3 is 4.74 Å². The maximum absolute atomic E-state index is 12.4. The highest BCUT2D eigenvalue weighted by Crippen LogP contribution is 2.29. The quantitative estimate of drug-likeness (QED) is 0.615. The van der Waals surface area contributed by atoms with Gasteiger partial charge in [0.05, 0.1) is 11.3 Å². The number of hydrogen-bond donors (Lipinski definition) is 0. The van der Waals surface area contributed by atoms with E-state index in [0.29, 0.717) is 6.42 Å². The van der Waals surface area contributed by atoms with Crippen LogP contribution in [0.2, 0.25) is 0 Å². The van der Waals surface area contributed by atoms with E-state index in [9.17, 15) is 13.2 Å². The Morgan fingerprint density at radius 1 is 1.33 bits per heavy atom. The van der Waals surface area contributed by atoms with Crippen molar-refractivity contribution >= 4 is 15.8 Å². The second-order valence-electron chi connectivity index (χ2n) is 4.15. The van der Waals surface area contributed by atoms with Gasteiger partial charge in [-0.2, -0.15) is 0 Å². The molecule has 1 heterocycles. The van der Waals surface area contributed by atoms with E-state index in [1.54, 1.807) is 24.3 Å². The van der Waals surface area contributed by atoms with Crippen LogP contribution in [0.1, 0.15) is 12.8 Å². The Balaban J connectivity index is 2.35. The van der Waals surface area contributed by atoms with Crippen molar-refractivity contribution in [1.82, 2.24) is 0 Å². The Labute approximate surface area is 106 Å². The minimum Gasteiger partial charge on any atom is -0.461 e. The standard InChI is InChI=1S/C13H14O4S/c1-2-6-11-12(9-13(14)17-11)18(15,16)10-7-4-3-5-8-10/h2-5,7-8,11-12H,1,6,9H2/t11-,12+/m0/s1. The molecule has 96 valence electrons. The maximum atomic E-state index is 12.4. The Morgan fingerprint density at radius 3 is 2.61 bits per heavy atom. The number of ether oxygens (including phenoxy) is 1. The zero-order chi connectivity index (χ0) is 13.2. The summed E-state index contributed by atoms with van der Waals surface area (Å²) in [6, 6.07) is 8.13. The Kier molecular flexibility index (Phi) is 3.52. The van der Waals surface area contributed by atoms with E-state index >= 15 is 0 Å². The largest absolute Gasteiger partial charge is 0.461 e. The molecule has 0 unspecified atom stereocenters. The van der Waals surface area contributed by atoms with Crippen molar-refractivity contribution in [1.29, 1.82) is 0 Å². The molecule has 0 aromatic heterocycles. The molecule has 0 spiro atoms. The minimum atomic E-state index is -3.54. The smallest absolute Gasteiger partial charge is 0.307 e. The molecule has 0 saturated carbocycles. The van der Waals surface area contributed by atoms with Crippen molar-refractivity contribution in [3.8, 4) is 0 Å². The first kappa shape index (κ1) is 12.8. The summed E-state index contributed by atoms with van der Waals surface area (Å²) in [6.07, 6.45) is 1.20. The molecule has 0 amide bonds. The molecule has 0 aliphatic carbocycles. The predicted octanol–water partition coefficient (Wildman–Crippen LogP) is 1.72. The normalized spacial score (nSPS) is 23.7. The van der Waals surface area contributed by atoms with Crippen LogP contribution >= 0.6 is 0 Å². The number of sulfone groups is 1. The minimum absolute atomic E-state index is 0.0876. The summed E-state index contributed by atoms with van der Waals surface area (Å²) in [7, 11) is -3.54. The van der Waals surface area contributed by atoms with E-state index in [0.717, 1.165) is 0 Å². The third-order valence-electron chi connectivity index (χ3n) is 2.93. The predicted molar refractivity (Wildman–Crippen MR) is 66.7 cm³/mol. The van der Waals surface area contributed by atoms with Crippen LogP contribution < -0.4 is 0 Å². The first-order valence-corrected chi connectivity index (χ1v) is 7.19. The van der Waals surface area contributed by atoms with E-state index in [-0.39, 0.29) is 11.3 Å². The second-order valence-corrected chi connectivity index (χ2v) is 6.32. The lowest BCUT2D eigenvalue weighted by Crippen LogP contribution is -2.29. The van der Waals surface area contributed by atoms with E-state index < -0.39 is 27.2 Å². The third-order valence-corrected chi connectivity index (χ3v) is 5.13. The zero-order valence-electron chi connectivity index (χ0n) is 9.78. The molecule has 1 aromatic carbocycles. The molecule has 4 nitrogen and oxygen atoms in total. The van der Waals surface area contributed by atoms with Crippen LogP contribution in [0.5, 0.6) is 0 Å².